The van der Waals surface area contributed by atoms with Gasteiger partial charge in [-0.15, -0.1) is 0 Å². The Morgan fingerprint density at radius 1 is 0.411 bits per heavy atom. The van der Waals surface area contributed by atoms with Crippen LogP contribution in [0.2, 0.25) is 0 Å². The average molecular weight is 785 g/mol. The van der Waals surface area contributed by atoms with Crippen LogP contribution in [-0.2, 0) is 19.1 Å². The molecule has 0 saturated heterocycles. The highest BCUT2D eigenvalue weighted by Gasteiger charge is 2.16. The van der Waals surface area contributed by atoms with Crippen LogP contribution in [0.15, 0.2) is 48.6 Å². The van der Waals surface area contributed by atoms with Crippen LogP contribution in [0, 0.1) is 0 Å². The molecule has 0 bridgehead atoms. The molecule has 0 heterocycles. The molecule has 326 valence electrons. The average Bonchev–Trinajstić information content (AvgIpc) is 3.20. The number of aliphatic hydroxyl groups is 1. The predicted molar refractivity (Wildman–Crippen MR) is 242 cm³/mol. The maximum Gasteiger partial charge on any atom is 0.306 e. The number of rotatable bonds is 44. The molecule has 1 N–H and O–H groups in total. The second-order valence-corrected chi connectivity index (χ2v) is 16.2. The van der Waals surface area contributed by atoms with Crippen molar-refractivity contribution < 1.29 is 24.2 Å². The molecule has 0 spiro atoms. The number of esters is 2. The molecule has 0 aliphatic carbocycles. The van der Waals surface area contributed by atoms with Gasteiger partial charge >= 0.3 is 11.9 Å². The summed E-state index contributed by atoms with van der Waals surface area (Å²) in [5.41, 5.74) is 0. The summed E-state index contributed by atoms with van der Waals surface area (Å²) in [6, 6.07) is 0. The van der Waals surface area contributed by atoms with E-state index < -0.39 is 6.10 Å². The fourth-order valence-corrected chi connectivity index (χ4v) is 6.91. The molecule has 0 aromatic heterocycles. The number of ether oxygens (including phenoxy) is 2. The van der Waals surface area contributed by atoms with E-state index in [4.69, 9.17) is 9.47 Å². The lowest BCUT2D eigenvalue weighted by Crippen LogP contribution is -2.28. The highest BCUT2D eigenvalue weighted by molar-refractivity contribution is 5.70. The highest BCUT2D eigenvalue weighted by atomic mass is 16.6. The Morgan fingerprint density at radius 3 is 1.09 bits per heavy atom. The Labute approximate surface area is 348 Å². The van der Waals surface area contributed by atoms with Gasteiger partial charge in [0.05, 0.1) is 6.61 Å². The van der Waals surface area contributed by atoms with E-state index in [9.17, 15) is 14.7 Å². The monoisotopic (exact) mass is 785 g/mol. The van der Waals surface area contributed by atoms with E-state index in [1.54, 1.807) is 0 Å². The zero-order chi connectivity index (χ0) is 40.7. The molecule has 0 fully saturated rings. The molecule has 0 rings (SSSR count). The number of aliphatic hydroxyl groups excluding tert-OH is 1. The van der Waals surface area contributed by atoms with Crippen molar-refractivity contribution in [3.63, 3.8) is 0 Å². The molecule has 0 radical (unpaired) electrons. The van der Waals surface area contributed by atoms with Gasteiger partial charge in [-0.1, -0.05) is 204 Å². The molecule has 56 heavy (non-hydrogen) atoms. The normalized spacial score (nSPS) is 12.6. The number of allylic oxidation sites excluding steroid dienone is 8. The van der Waals surface area contributed by atoms with Gasteiger partial charge in [0, 0.05) is 12.8 Å². The van der Waals surface area contributed by atoms with Crippen molar-refractivity contribution in [3.8, 4) is 0 Å². The molecular weight excluding hydrogens is 693 g/mol. The van der Waals surface area contributed by atoms with E-state index in [0.717, 1.165) is 57.8 Å². The number of unbranched alkanes of at least 4 members (excludes halogenated alkanes) is 28. The van der Waals surface area contributed by atoms with Crippen LogP contribution in [0.25, 0.3) is 0 Å². The van der Waals surface area contributed by atoms with Crippen molar-refractivity contribution in [1.82, 2.24) is 0 Å². The maximum absolute atomic E-state index is 12.2. The third-order valence-corrected chi connectivity index (χ3v) is 10.6. The van der Waals surface area contributed by atoms with Crippen molar-refractivity contribution in [1.29, 1.82) is 0 Å². The van der Waals surface area contributed by atoms with Gasteiger partial charge in [0.25, 0.3) is 0 Å². The Hall–Kier alpha value is -2.14. The number of carbonyl (C=O) groups excluding carboxylic acids is 2. The summed E-state index contributed by atoms with van der Waals surface area (Å²) in [5.74, 6) is -0.602. The lowest BCUT2D eigenvalue weighted by atomic mass is 10.1. The molecule has 1 atom stereocenters. The number of hydrogen-bond donors (Lipinski definition) is 1. The van der Waals surface area contributed by atoms with Crippen molar-refractivity contribution in [3.05, 3.63) is 48.6 Å². The van der Waals surface area contributed by atoms with E-state index in [1.807, 2.05) is 0 Å². The van der Waals surface area contributed by atoms with Gasteiger partial charge < -0.3 is 14.6 Å². The molecule has 0 aromatic carbocycles. The molecule has 5 nitrogen and oxygen atoms in total. The molecule has 5 heteroatoms. The first-order valence-corrected chi connectivity index (χ1v) is 24.2. The standard InChI is InChI=1S/C51H92O5/c1-3-5-7-9-11-13-15-17-19-21-23-25-27-29-31-33-35-37-39-41-43-45-50(53)55-48-49(47-52)56-51(54)46-44-42-40-38-36-34-32-30-28-26-24-22-20-18-16-14-12-10-8-6-4-2/h16,18,21-24,28,30,49,52H,3-15,17,19-20,25-27,29,31-48H2,1-2H3/b18-16-,23-21-,24-22-,30-28-. The fourth-order valence-electron chi connectivity index (χ4n) is 6.91. The van der Waals surface area contributed by atoms with Gasteiger partial charge in [-0.3, -0.25) is 9.59 Å². The van der Waals surface area contributed by atoms with Crippen LogP contribution in [0.3, 0.4) is 0 Å². The van der Waals surface area contributed by atoms with Gasteiger partial charge in [0.15, 0.2) is 6.10 Å². The molecular formula is C51H92O5. The predicted octanol–water partition coefficient (Wildman–Crippen LogP) is 15.7. The summed E-state index contributed by atoms with van der Waals surface area (Å²) < 4.78 is 10.7. The number of carbonyl (C=O) groups is 2. The topological polar surface area (TPSA) is 72.8 Å². The van der Waals surface area contributed by atoms with Crippen LogP contribution in [-0.4, -0.2) is 36.4 Å². The summed E-state index contributed by atoms with van der Waals surface area (Å²) in [5, 5.41) is 9.61. The first kappa shape index (κ1) is 53.9. The van der Waals surface area contributed by atoms with Crippen LogP contribution >= 0.6 is 0 Å². The van der Waals surface area contributed by atoms with Gasteiger partial charge in [-0.2, -0.15) is 0 Å². The third-order valence-electron chi connectivity index (χ3n) is 10.6. The van der Waals surface area contributed by atoms with E-state index in [2.05, 4.69) is 62.5 Å². The summed E-state index contributed by atoms with van der Waals surface area (Å²) in [7, 11) is 0. The Kier molecular flexibility index (Phi) is 45.4. The minimum absolute atomic E-state index is 0.0719. The van der Waals surface area contributed by atoms with Gasteiger partial charge in [0.2, 0.25) is 0 Å². The van der Waals surface area contributed by atoms with Crippen LogP contribution < -0.4 is 0 Å². The van der Waals surface area contributed by atoms with Crippen LogP contribution in [0.4, 0.5) is 0 Å². The van der Waals surface area contributed by atoms with Crippen molar-refractivity contribution in [2.45, 2.75) is 251 Å². The Balaban J connectivity index is 3.54. The molecule has 0 aliphatic heterocycles. The Bertz CT molecular complexity index is 935. The lowest BCUT2D eigenvalue weighted by molar-refractivity contribution is -0.161. The molecule has 0 amide bonds. The van der Waals surface area contributed by atoms with Gasteiger partial charge in [0.1, 0.15) is 6.61 Å². The van der Waals surface area contributed by atoms with Crippen LogP contribution in [0.1, 0.15) is 245 Å². The molecule has 0 aromatic rings. The first-order valence-electron chi connectivity index (χ1n) is 24.2. The summed E-state index contributed by atoms with van der Waals surface area (Å²) in [6.45, 7) is 4.13. The lowest BCUT2D eigenvalue weighted by Gasteiger charge is -2.15. The van der Waals surface area contributed by atoms with E-state index in [0.29, 0.717) is 12.8 Å². The van der Waals surface area contributed by atoms with Gasteiger partial charge in [-0.05, 0) is 77.0 Å². The van der Waals surface area contributed by atoms with E-state index in [1.165, 1.54) is 161 Å². The molecule has 0 saturated carbocycles. The van der Waals surface area contributed by atoms with E-state index in [-0.39, 0.29) is 25.2 Å². The zero-order valence-electron chi connectivity index (χ0n) is 37.1. The smallest absolute Gasteiger partial charge is 0.306 e. The minimum Gasteiger partial charge on any atom is -0.462 e. The number of hydrogen-bond acceptors (Lipinski definition) is 5. The zero-order valence-corrected chi connectivity index (χ0v) is 37.1. The second kappa shape index (κ2) is 47.2. The molecule has 1 unspecified atom stereocenters. The summed E-state index contributed by atoms with van der Waals surface area (Å²) in [6.07, 6.45) is 60.5. The quantitative estimate of drug-likeness (QED) is 0.0378. The van der Waals surface area contributed by atoms with Crippen molar-refractivity contribution in [2.75, 3.05) is 13.2 Å². The van der Waals surface area contributed by atoms with Gasteiger partial charge in [-0.25, -0.2) is 0 Å². The summed E-state index contributed by atoms with van der Waals surface area (Å²) >= 11 is 0. The van der Waals surface area contributed by atoms with Crippen LogP contribution in [0.5, 0.6) is 0 Å². The fraction of sp³-hybridized carbons (Fsp3) is 0.804. The third kappa shape index (κ3) is 44.6. The maximum atomic E-state index is 12.2. The second-order valence-electron chi connectivity index (χ2n) is 16.2. The van der Waals surface area contributed by atoms with Crippen molar-refractivity contribution in [2.24, 2.45) is 0 Å². The largest absolute Gasteiger partial charge is 0.462 e. The molecule has 0 aliphatic rings. The highest BCUT2D eigenvalue weighted by Crippen LogP contribution is 2.14. The van der Waals surface area contributed by atoms with E-state index >= 15 is 0 Å². The summed E-state index contributed by atoms with van der Waals surface area (Å²) in [4.78, 5) is 24.4. The minimum atomic E-state index is -0.780. The SMILES string of the molecule is CCCCCCC/C=C\C/C=C\C/C=C\CCCCCCCCC(=O)OC(CO)COC(=O)CCCCCCCCCCC/C=C\CCCCCCCCCC. The van der Waals surface area contributed by atoms with Crippen molar-refractivity contribution >= 4 is 11.9 Å². The first-order chi connectivity index (χ1) is 27.6. The Morgan fingerprint density at radius 2 is 0.714 bits per heavy atom.